The van der Waals surface area contributed by atoms with Crippen molar-refractivity contribution in [2.24, 2.45) is 5.41 Å². The molecule has 0 saturated heterocycles. The van der Waals surface area contributed by atoms with Gasteiger partial charge in [0.15, 0.2) is 0 Å². The highest BCUT2D eigenvalue weighted by Gasteiger charge is 2.33. The minimum atomic E-state index is -0.0120. The zero-order chi connectivity index (χ0) is 13.7. The minimum absolute atomic E-state index is 0.0120. The Bertz CT molecular complexity index is 442. The first-order valence-electron chi connectivity index (χ1n) is 6.74. The number of carbonyl (C=O) groups is 1. The van der Waals surface area contributed by atoms with Crippen molar-refractivity contribution < 1.29 is 9.90 Å². The lowest BCUT2D eigenvalue weighted by atomic mass is 9.88. The van der Waals surface area contributed by atoms with Crippen LogP contribution < -0.4 is 5.32 Å². The maximum absolute atomic E-state index is 11.9. The maximum Gasteiger partial charge on any atom is 0.224 e. The van der Waals surface area contributed by atoms with Gasteiger partial charge in [-0.2, -0.15) is 0 Å². The molecular weight excluding hydrogens is 262 g/mol. The fourth-order valence-electron chi connectivity index (χ4n) is 2.68. The molecule has 1 fully saturated rings. The monoisotopic (exact) mass is 281 g/mol. The Hall–Kier alpha value is -1.22. The third kappa shape index (κ3) is 3.87. The summed E-state index contributed by atoms with van der Waals surface area (Å²) in [5.41, 5.74) is 0.916. The summed E-state index contributed by atoms with van der Waals surface area (Å²) in [5.74, 6) is 0.791. The van der Waals surface area contributed by atoms with Crippen LogP contribution in [-0.2, 0) is 11.2 Å². The molecule has 0 atom stereocenters. The highest BCUT2D eigenvalue weighted by molar-refractivity contribution is 6.18. The van der Waals surface area contributed by atoms with Crippen molar-refractivity contribution in [3.05, 3.63) is 29.8 Å². The zero-order valence-corrected chi connectivity index (χ0v) is 11.7. The number of alkyl halides is 1. The van der Waals surface area contributed by atoms with Crippen LogP contribution in [0, 0.1) is 5.41 Å². The van der Waals surface area contributed by atoms with Gasteiger partial charge < -0.3 is 10.4 Å². The molecule has 0 radical (unpaired) electrons. The van der Waals surface area contributed by atoms with Gasteiger partial charge in [-0.25, -0.2) is 0 Å². The summed E-state index contributed by atoms with van der Waals surface area (Å²) in [6, 6.07) is 6.80. The molecule has 0 spiro atoms. The second-order valence-corrected chi connectivity index (χ2v) is 5.73. The molecule has 3 nitrogen and oxygen atoms in total. The molecular formula is C15H20ClNO2. The topological polar surface area (TPSA) is 49.3 Å². The lowest BCUT2D eigenvalue weighted by molar-refractivity contribution is -0.120. The van der Waals surface area contributed by atoms with Crippen LogP contribution >= 0.6 is 11.6 Å². The number of phenolic OH excluding ortho intramolecular Hbond substituents is 1. The average molecular weight is 282 g/mol. The Morgan fingerprint density at radius 2 is 2.11 bits per heavy atom. The van der Waals surface area contributed by atoms with E-state index in [2.05, 4.69) is 5.32 Å². The highest BCUT2D eigenvalue weighted by Crippen LogP contribution is 2.38. The van der Waals surface area contributed by atoms with Gasteiger partial charge in [0, 0.05) is 17.8 Å². The van der Waals surface area contributed by atoms with Gasteiger partial charge in [-0.15, -0.1) is 11.6 Å². The molecule has 1 aliphatic rings. The SMILES string of the molecule is O=C(Cc1cccc(O)c1)NCC1(CCl)CCCC1. The molecule has 0 aromatic heterocycles. The third-order valence-electron chi connectivity index (χ3n) is 3.88. The van der Waals surface area contributed by atoms with Crippen molar-refractivity contribution in [3.8, 4) is 5.75 Å². The van der Waals surface area contributed by atoms with Crippen molar-refractivity contribution in [2.75, 3.05) is 12.4 Å². The number of halogens is 1. The fraction of sp³-hybridized carbons (Fsp3) is 0.533. The molecule has 0 heterocycles. The first kappa shape index (κ1) is 14.2. The van der Waals surface area contributed by atoms with E-state index in [9.17, 15) is 9.90 Å². The molecule has 1 aromatic carbocycles. The molecule has 0 bridgehead atoms. The summed E-state index contributed by atoms with van der Waals surface area (Å²) >= 11 is 6.04. The van der Waals surface area contributed by atoms with Crippen molar-refractivity contribution in [1.82, 2.24) is 5.32 Å². The predicted octanol–water partition coefficient (Wildman–Crippen LogP) is 2.85. The number of hydrogen-bond acceptors (Lipinski definition) is 2. The fourth-order valence-corrected chi connectivity index (χ4v) is 3.04. The Labute approximate surface area is 119 Å². The summed E-state index contributed by atoms with van der Waals surface area (Å²) in [4.78, 5) is 11.9. The van der Waals surface area contributed by atoms with E-state index in [1.165, 1.54) is 12.8 Å². The van der Waals surface area contributed by atoms with E-state index >= 15 is 0 Å². The first-order valence-corrected chi connectivity index (χ1v) is 7.28. The number of aromatic hydroxyl groups is 1. The van der Waals surface area contributed by atoms with Gasteiger partial charge in [0.2, 0.25) is 5.91 Å². The van der Waals surface area contributed by atoms with Crippen molar-refractivity contribution in [1.29, 1.82) is 0 Å². The molecule has 104 valence electrons. The second kappa shape index (κ2) is 6.29. The van der Waals surface area contributed by atoms with Crippen LogP contribution in [0.25, 0.3) is 0 Å². The lowest BCUT2D eigenvalue weighted by Crippen LogP contribution is -2.37. The predicted molar refractivity (Wildman–Crippen MR) is 76.4 cm³/mol. The zero-order valence-electron chi connectivity index (χ0n) is 11.0. The van der Waals surface area contributed by atoms with Crippen molar-refractivity contribution >= 4 is 17.5 Å². The summed E-state index contributed by atoms with van der Waals surface area (Å²) in [5, 5.41) is 12.3. The van der Waals surface area contributed by atoms with E-state index < -0.39 is 0 Å². The quantitative estimate of drug-likeness (QED) is 0.816. The van der Waals surface area contributed by atoms with Gasteiger partial charge in [-0.1, -0.05) is 25.0 Å². The van der Waals surface area contributed by atoms with Crippen molar-refractivity contribution in [2.45, 2.75) is 32.1 Å². The average Bonchev–Trinajstić information content (AvgIpc) is 2.86. The van der Waals surface area contributed by atoms with E-state index in [-0.39, 0.29) is 17.1 Å². The summed E-state index contributed by atoms with van der Waals surface area (Å²) in [6.07, 6.45) is 4.91. The molecule has 4 heteroatoms. The molecule has 2 rings (SSSR count). The van der Waals surface area contributed by atoms with E-state index in [0.717, 1.165) is 18.4 Å². The molecule has 2 N–H and O–H groups in total. The Morgan fingerprint density at radius 3 is 2.74 bits per heavy atom. The van der Waals surface area contributed by atoms with Crippen LogP contribution in [0.3, 0.4) is 0 Å². The lowest BCUT2D eigenvalue weighted by Gasteiger charge is -2.26. The van der Waals surface area contributed by atoms with Gasteiger partial charge in [0.05, 0.1) is 6.42 Å². The van der Waals surface area contributed by atoms with Crippen LogP contribution in [0.1, 0.15) is 31.2 Å². The van der Waals surface area contributed by atoms with Gasteiger partial charge in [0.25, 0.3) is 0 Å². The molecule has 0 aliphatic heterocycles. The largest absolute Gasteiger partial charge is 0.508 e. The smallest absolute Gasteiger partial charge is 0.224 e. The molecule has 19 heavy (non-hydrogen) atoms. The van der Waals surface area contributed by atoms with E-state index in [1.807, 2.05) is 6.07 Å². The number of benzene rings is 1. The van der Waals surface area contributed by atoms with E-state index in [0.29, 0.717) is 18.8 Å². The third-order valence-corrected chi connectivity index (χ3v) is 4.45. The number of nitrogens with one attached hydrogen (secondary N) is 1. The van der Waals surface area contributed by atoms with Gasteiger partial charge in [-0.05, 0) is 30.5 Å². The Balaban J connectivity index is 1.84. The summed E-state index contributed by atoms with van der Waals surface area (Å²) in [7, 11) is 0. The molecule has 0 unspecified atom stereocenters. The van der Waals surface area contributed by atoms with E-state index in [1.54, 1.807) is 18.2 Å². The number of amides is 1. The molecule has 1 amide bonds. The number of hydrogen-bond donors (Lipinski definition) is 2. The molecule has 1 saturated carbocycles. The van der Waals surface area contributed by atoms with Crippen molar-refractivity contribution in [3.63, 3.8) is 0 Å². The normalized spacial score (nSPS) is 17.3. The highest BCUT2D eigenvalue weighted by atomic mass is 35.5. The second-order valence-electron chi connectivity index (χ2n) is 5.46. The van der Waals surface area contributed by atoms with Crippen LogP contribution in [0.4, 0.5) is 0 Å². The minimum Gasteiger partial charge on any atom is -0.508 e. The van der Waals surface area contributed by atoms with Gasteiger partial charge in [-0.3, -0.25) is 4.79 Å². The summed E-state index contributed by atoms with van der Waals surface area (Å²) in [6.45, 7) is 0.661. The Morgan fingerprint density at radius 1 is 1.37 bits per heavy atom. The molecule has 1 aliphatic carbocycles. The van der Waals surface area contributed by atoms with Crippen LogP contribution in [0.2, 0.25) is 0 Å². The molecule has 1 aromatic rings. The first-order chi connectivity index (χ1) is 9.13. The Kier molecular flexibility index (Phi) is 4.70. The van der Waals surface area contributed by atoms with Gasteiger partial charge >= 0.3 is 0 Å². The van der Waals surface area contributed by atoms with Crippen LogP contribution in [-0.4, -0.2) is 23.4 Å². The van der Waals surface area contributed by atoms with E-state index in [4.69, 9.17) is 11.6 Å². The number of rotatable bonds is 5. The standard InChI is InChI=1S/C15H20ClNO2/c16-10-15(6-1-2-7-15)11-17-14(19)9-12-4-3-5-13(18)8-12/h3-5,8,18H,1-2,6-7,9-11H2,(H,17,19). The van der Waals surface area contributed by atoms with Crippen LogP contribution in [0.5, 0.6) is 5.75 Å². The van der Waals surface area contributed by atoms with Gasteiger partial charge in [0.1, 0.15) is 5.75 Å². The maximum atomic E-state index is 11.9. The van der Waals surface area contributed by atoms with Crippen LogP contribution in [0.15, 0.2) is 24.3 Å². The number of carbonyl (C=O) groups excluding carboxylic acids is 1. The number of phenols is 1. The summed E-state index contributed by atoms with van der Waals surface area (Å²) < 4.78 is 0.